The zero-order valence-corrected chi connectivity index (χ0v) is 6.29. The Hall–Kier alpha value is -0.0800. The minimum atomic E-state index is -0.0923. The fourth-order valence-corrected chi connectivity index (χ4v) is 1.71. The van der Waals surface area contributed by atoms with Crippen LogP contribution < -0.4 is 0 Å². The predicted molar refractivity (Wildman–Crippen MR) is 39.7 cm³/mol. The number of aliphatic hydroxyl groups excluding tert-OH is 2. The van der Waals surface area contributed by atoms with Gasteiger partial charge in [-0.3, -0.25) is 0 Å². The molecule has 0 saturated heterocycles. The van der Waals surface area contributed by atoms with Crippen molar-refractivity contribution < 1.29 is 10.2 Å². The van der Waals surface area contributed by atoms with Crippen LogP contribution in [0.1, 0.15) is 32.1 Å². The summed E-state index contributed by atoms with van der Waals surface area (Å²) >= 11 is 0. The van der Waals surface area contributed by atoms with E-state index in [4.69, 9.17) is 5.11 Å². The second kappa shape index (κ2) is 3.94. The molecule has 60 valence electrons. The first kappa shape index (κ1) is 8.02. The highest BCUT2D eigenvalue weighted by Gasteiger charge is 2.18. The third-order valence-electron chi connectivity index (χ3n) is 2.29. The van der Waals surface area contributed by atoms with E-state index in [1.807, 2.05) is 0 Å². The van der Waals surface area contributed by atoms with Crippen LogP contribution >= 0.6 is 0 Å². The Morgan fingerprint density at radius 1 is 1.30 bits per heavy atom. The first-order valence-corrected chi connectivity index (χ1v) is 4.12. The van der Waals surface area contributed by atoms with Crippen molar-refractivity contribution in [2.45, 2.75) is 38.2 Å². The average Bonchev–Trinajstić information content (AvgIpc) is 1.88. The van der Waals surface area contributed by atoms with Crippen LogP contribution in [0.4, 0.5) is 0 Å². The van der Waals surface area contributed by atoms with Gasteiger partial charge in [0.2, 0.25) is 0 Å². The Bertz CT molecular complexity index is 91.3. The summed E-state index contributed by atoms with van der Waals surface area (Å²) in [6.07, 6.45) is 4.97. The minimum absolute atomic E-state index is 0.0923. The maximum absolute atomic E-state index is 9.22. The molecule has 0 aromatic heterocycles. The standard InChI is InChI=1S/C8H16O2/c9-5-4-7-2-1-3-8(10)6-7/h7-10H,1-6H2/t7-,8-/m1/s1. The van der Waals surface area contributed by atoms with Crippen LogP contribution in [0.15, 0.2) is 0 Å². The molecule has 0 heterocycles. The van der Waals surface area contributed by atoms with Gasteiger partial charge in [-0.2, -0.15) is 0 Å². The summed E-state index contributed by atoms with van der Waals surface area (Å²) in [7, 11) is 0. The summed E-state index contributed by atoms with van der Waals surface area (Å²) in [6.45, 7) is 0.275. The topological polar surface area (TPSA) is 40.5 Å². The molecule has 2 heteroatoms. The van der Waals surface area contributed by atoms with E-state index in [0.717, 1.165) is 25.7 Å². The molecule has 2 nitrogen and oxygen atoms in total. The second-order valence-electron chi connectivity index (χ2n) is 3.20. The predicted octanol–water partition coefficient (Wildman–Crippen LogP) is 0.920. The van der Waals surface area contributed by atoms with Crippen molar-refractivity contribution in [3.63, 3.8) is 0 Å². The summed E-state index contributed by atoms with van der Waals surface area (Å²) in [6, 6.07) is 0. The zero-order chi connectivity index (χ0) is 7.40. The molecule has 0 amide bonds. The van der Waals surface area contributed by atoms with Crippen molar-refractivity contribution in [2.24, 2.45) is 5.92 Å². The first-order valence-electron chi connectivity index (χ1n) is 4.12. The average molecular weight is 144 g/mol. The molecule has 1 aliphatic carbocycles. The Balaban J connectivity index is 2.18. The van der Waals surface area contributed by atoms with Gasteiger partial charge in [-0.1, -0.05) is 12.8 Å². The third kappa shape index (κ3) is 2.27. The summed E-state index contributed by atoms with van der Waals surface area (Å²) in [4.78, 5) is 0. The molecule has 1 aliphatic rings. The van der Waals surface area contributed by atoms with Gasteiger partial charge in [0, 0.05) is 6.61 Å². The van der Waals surface area contributed by atoms with Crippen molar-refractivity contribution in [1.82, 2.24) is 0 Å². The van der Waals surface area contributed by atoms with Crippen molar-refractivity contribution in [2.75, 3.05) is 6.61 Å². The molecule has 0 aromatic rings. The molecule has 0 spiro atoms. The molecule has 0 bridgehead atoms. The molecule has 0 unspecified atom stereocenters. The Kier molecular flexibility index (Phi) is 3.16. The smallest absolute Gasteiger partial charge is 0.0543 e. The van der Waals surface area contributed by atoms with Gasteiger partial charge in [0.25, 0.3) is 0 Å². The highest BCUT2D eigenvalue weighted by molar-refractivity contribution is 4.71. The van der Waals surface area contributed by atoms with Gasteiger partial charge in [0.15, 0.2) is 0 Å². The van der Waals surface area contributed by atoms with Crippen molar-refractivity contribution in [1.29, 1.82) is 0 Å². The zero-order valence-electron chi connectivity index (χ0n) is 6.29. The second-order valence-corrected chi connectivity index (χ2v) is 3.20. The Morgan fingerprint density at radius 2 is 2.10 bits per heavy atom. The lowest BCUT2D eigenvalue weighted by Crippen LogP contribution is -2.20. The van der Waals surface area contributed by atoms with Crippen LogP contribution in [0.25, 0.3) is 0 Å². The van der Waals surface area contributed by atoms with E-state index in [2.05, 4.69) is 0 Å². The summed E-state index contributed by atoms with van der Waals surface area (Å²) in [5, 5.41) is 17.8. The Labute approximate surface area is 61.9 Å². The Morgan fingerprint density at radius 3 is 2.70 bits per heavy atom. The molecule has 2 atom stereocenters. The highest BCUT2D eigenvalue weighted by Crippen LogP contribution is 2.26. The van der Waals surface area contributed by atoms with Crippen LogP contribution in [0.5, 0.6) is 0 Å². The molecule has 2 N–H and O–H groups in total. The molecule has 1 rings (SSSR count). The van der Waals surface area contributed by atoms with E-state index in [0.29, 0.717) is 5.92 Å². The van der Waals surface area contributed by atoms with Gasteiger partial charge in [0.1, 0.15) is 0 Å². The van der Waals surface area contributed by atoms with E-state index in [1.54, 1.807) is 0 Å². The molecule has 10 heavy (non-hydrogen) atoms. The van der Waals surface area contributed by atoms with Crippen LogP contribution in [0, 0.1) is 5.92 Å². The van der Waals surface area contributed by atoms with E-state index in [-0.39, 0.29) is 12.7 Å². The molecule has 0 aliphatic heterocycles. The van der Waals surface area contributed by atoms with Gasteiger partial charge in [-0.05, 0) is 25.2 Å². The summed E-state index contributed by atoms with van der Waals surface area (Å²) in [5.74, 6) is 0.578. The summed E-state index contributed by atoms with van der Waals surface area (Å²) in [5.41, 5.74) is 0. The van der Waals surface area contributed by atoms with E-state index < -0.39 is 0 Å². The first-order chi connectivity index (χ1) is 4.83. The normalized spacial score (nSPS) is 34.2. The monoisotopic (exact) mass is 144 g/mol. The van der Waals surface area contributed by atoms with Crippen molar-refractivity contribution >= 4 is 0 Å². The van der Waals surface area contributed by atoms with Gasteiger partial charge in [0.05, 0.1) is 6.10 Å². The third-order valence-corrected chi connectivity index (χ3v) is 2.29. The van der Waals surface area contributed by atoms with Crippen molar-refractivity contribution in [3.8, 4) is 0 Å². The van der Waals surface area contributed by atoms with Crippen LogP contribution in [0.3, 0.4) is 0 Å². The number of hydrogen-bond acceptors (Lipinski definition) is 2. The maximum Gasteiger partial charge on any atom is 0.0543 e. The number of rotatable bonds is 2. The van der Waals surface area contributed by atoms with E-state index >= 15 is 0 Å². The lowest BCUT2D eigenvalue weighted by molar-refractivity contribution is 0.0909. The van der Waals surface area contributed by atoms with Gasteiger partial charge < -0.3 is 10.2 Å². The molecular weight excluding hydrogens is 128 g/mol. The number of hydrogen-bond donors (Lipinski definition) is 2. The van der Waals surface area contributed by atoms with Crippen LogP contribution in [-0.2, 0) is 0 Å². The van der Waals surface area contributed by atoms with Crippen LogP contribution in [0.2, 0.25) is 0 Å². The minimum Gasteiger partial charge on any atom is -0.396 e. The molecule has 1 fully saturated rings. The SMILES string of the molecule is OCC[C@H]1CCC[C@@H](O)C1. The largest absolute Gasteiger partial charge is 0.396 e. The van der Waals surface area contributed by atoms with Gasteiger partial charge in [-0.25, -0.2) is 0 Å². The van der Waals surface area contributed by atoms with E-state index in [9.17, 15) is 5.11 Å². The molecular formula is C8H16O2. The quantitative estimate of drug-likeness (QED) is 0.605. The van der Waals surface area contributed by atoms with Crippen molar-refractivity contribution in [3.05, 3.63) is 0 Å². The van der Waals surface area contributed by atoms with E-state index in [1.165, 1.54) is 6.42 Å². The van der Waals surface area contributed by atoms with Gasteiger partial charge >= 0.3 is 0 Å². The van der Waals surface area contributed by atoms with Crippen LogP contribution in [-0.4, -0.2) is 22.9 Å². The highest BCUT2D eigenvalue weighted by atomic mass is 16.3. The fourth-order valence-electron chi connectivity index (χ4n) is 1.71. The lowest BCUT2D eigenvalue weighted by Gasteiger charge is -2.24. The number of aliphatic hydroxyl groups is 2. The van der Waals surface area contributed by atoms with Gasteiger partial charge in [-0.15, -0.1) is 0 Å². The molecule has 0 radical (unpaired) electrons. The maximum atomic E-state index is 9.22. The fraction of sp³-hybridized carbons (Fsp3) is 1.00. The lowest BCUT2D eigenvalue weighted by atomic mass is 9.85. The molecule has 1 saturated carbocycles. The summed E-state index contributed by atoms with van der Waals surface area (Å²) < 4.78 is 0. The molecule has 0 aromatic carbocycles.